The number of benzene rings is 2. The van der Waals surface area contributed by atoms with E-state index in [0.29, 0.717) is 47.1 Å². The molecule has 2 aliphatic rings. The molecule has 0 spiro atoms. The van der Waals surface area contributed by atoms with Crippen molar-refractivity contribution in [3.05, 3.63) is 46.9 Å². The van der Waals surface area contributed by atoms with Gasteiger partial charge < -0.3 is 24.4 Å². The van der Waals surface area contributed by atoms with Crippen LogP contribution in [0.2, 0.25) is 5.02 Å². The number of anilines is 1. The number of piperazine rings is 1. The van der Waals surface area contributed by atoms with Crippen LogP contribution in [-0.2, 0) is 4.74 Å². The van der Waals surface area contributed by atoms with Gasteiger partial charge in [0.1, 0.15) is 23.8 Å². The van der Waals surface area contributed by atoms with Gasteiger partial charge in [0.05, 0.1) is 29.0 Å². The second-order valence-corrected chi connectivity index (χ2v) is 10.9. The number of aromatic nitrogens is 1. The zero-order valence-corrected chi connectivity index (χ0v) is 21.7. The molecule has 1 amide bonds. The van der Waals surface area contributed by atoms with Gasteiger partial charge in [-0.2, -0.15) is 0 Å². The van der Waals surface area contributed by atoms with Gasteiger partial charge in [-0.05, 0) is 58.4 Å². The van der Waals surface area contributed by atoms with E-state index in [2.05, 4.69) is 9.88 Å². The number of pyridine rings is 1. The Kier molecular flexibility index (Phi) is 5.90. The van der Waals surface area contributed by atoms with E-state index < -0.39 is 11.4 Å². The lowest BCUT2D eigenvalue weighted by Crippen LogP contribution is -2.62. The fourth-order valence-corrected chi connectivity index (χ4v) is 5.46. The number of carbonyl (C=O) groups excluding carboxylic acids is 1. The standard InChI is InChI=1S/C27H29ClFN3O4/c1-14-11-32-16(12-31(14)26(34)36-27(3,4)5)13-35-21-10-30-24-15(2)22(18(28)9-17(24)25(21)32)23-19(29)7-6-8-20(23)33/h6-10,14,16,33H,11-13H2,1-5H3/t14-,16-/m1/s1. The number of ether oxygens (including phenoxy) is 2. The lowest BCUT2D eigenvalue weighted by molar-refractivity contribution is 0.00997. The van der Waals surface area contributed by atoms with Crippen LogP contribution in [0.15, 0.2) is 30.5 Å². The van der Waals surface area contributed by atoms with Gasteiger partial charge in [0.15, 0.2) is 5.75 Å². The van der Waals surface area contributed by atoms with E-state index >= 15 is 0 Å². The van der Waals surface area contributed by atoms with Crippen LogP contribution in [0.4, 0.5) is 14.9 Å². The first-order chi connectivity index (χ1) is 17.0. The van der Waals surface area contributed by atoms with Crippen molar-refractivity contribution in [1.29, 1.82) is 0 Å². The fourth-order valence-electron chi connectivity index (χ4n) is 5.12. The largest absolute Gasteiger partial charge is 0.507 e. The maximum absolute atomic E-state index is 14.7. The highest BCUT2D eigenvalue weighted by atomic mass is 35.5. The monoisotopic (exact) mass is 513 g/mol. The quantitative estimate of drug-likeness (QED) is 0.435. The van der Waals surface area contributed by atoms with E-state index in [1.54, 1.807) is 17.2 Å². The maximum Gasteiger partial charge on any atom is 0.410 e. The van der Waals surface area contributed by atoms with Gasteiger partial charge in [0.2, 0.25) is 0 Å². The molecule has 9 heteroatoms. The Hall–Kier alpha value is -3.26. The summed E-state index contributed by atoms with van der Waals surface area (Å²) >= 11 is 6.73. The summed E-state index contributed by atoms with van der Waals surface area (Å²) < 4.78 is 26.4. The molecule has 5 rings (SSSR count). The Morgan fingerprint density at radius 3 is 2.72 bits per heavy atom. The lowest BCUT2D eigenvalue weighted by Gasteiger charge is -2.48. The Morgan fingerprint density at radius 2 is 2.03 bits per heavy atom. The summed E-state index contributed by atoms with van der Waals surface area (Å²) in [5, 5.41) is 11.5. The molecule has 2 aliphatic heterocycles. The number of rotatable bonds is 1. The molecule has 3 aromatic rings. The molecule has 1 N–H and O–H groups in total. The zero-order chi connectivity index (χ0) is 25.9. The third kappa shape index (κ3) is 4.07. The molecule has 1 saturated heterocycles. The zero-order valence-electron chi connectivity index (χ0n) is 20.9. The lowest BCUT2D eigenvalue weighted by atomic mass is 9.94. The summed E-state index contributed by atoms with van der Waals surface area (Å²) in [7, 11) is 0. The van der Waals surface area contributed by atoms with Gasteiger partial charge in [0.25, 0.3) is 0 Å². The molecule has 2 atom stereocenters. The van der Waals surface area contributed by atoms with Crippen molar-refractivity contribution in [3.8, 4) is 22.6 Å². The van der Waals surface area contributed by atoms with Crippen LogP contribution in [0.5, 0.6) is 11.5 Å². The summed E-state index contributed by atoms with van der Waals surface area (Å²) in [5.41, 5.74) is 2.02. The number of fused-ring (bicyclic) bond motifs is 5. The van der Waals surface area contributed by atoms with Crippen LogP contribution < -0.4 is 9.64 Å². The number of nitrogens with zero attached hydrogens (tertiary/aromatic N) is 3. The molecule has 36 heavy (non-hydrogen) atoms. The van der Waals surface area contributed by atoms with E-state index in [1.165, 1.54) is 18.2 Å². The summed E-state index contributed by atoms with van der Waals surface area (Å²) in [4.78, 5) is 21.5. The molecular formula is C27H29ClFN3O4. The third-order valence-corrected chi connectivity index (χ3v) is 7.02. The minimum absolute atomic E-state index is 0.0511. The van der Waals surface area contributed by atoms with Gasteiger partial charge in [-0.25, -0.2) is 9.18 Å². The van der Waals surface area contributed by atoms with Crippen molar-refractivity contribution >= 4 is 34.3 Å². The minimum atomic E-state index is -0.579. The van der Waals surface area contributed by atoms with Gasteiger partial charge in [0, 0.05) is 35.1 Å². The van der Waals surface area contributed by atoms with Crippen molar-refractivity contribution in [2.45, 2.75) is 52.3 Å². The number of amides is 1. The molecule has 0 bridgehead atoms. The van der Waals surface area contributed by atoms with E-state index in [1.807, 2.05) is 34.6 Å². The highest BCUT2D eigenvalue weighted by Gasteiger charge is 2.40. The molecule has 1 fully saturated rings. The molecule has 0 radical (unpaired) electrons. The number of aryl methyl sites for hydroxylation is 1. The smallest absolute Gasteiger partial charge is 0.410 e. The van der Waals surface area contributed by atoms with Crippen molar-refractivity contribution < 1.29 is 23.8 Å². The van der Waals surface area contributed by atoms with E-state index in [-0.39, 0.29) is 29.5 Å². The summed E-state index contributed by atoms with van der Waals surface area (Å²) in [6, 6.07) is 5.75. The number of phenolic OH excluding ortho intramolecular Hbond substituents is 1. The van der Waals surface area contributed by atoms with Crippen LogP contribution in [0.3, 0.4) is 0 Å². The number of aromatic hydroxyl groups is 1. The van der Waals surface area contributed by atoms with Crippen LogP contribution >= 0.6 is 11.6 Å². The predicted octanol–water partition coefficient (Wildman–Crippen LogP) is 5.91. The Morgan fingerprint density at radius 1 is 1.28 bits per heavy atom. The van der Waals surface area contributed by atoms with Gasteiger partial charge >= 0.3 is 6.09 Å². The van der Waals surface area contributed by atoms with Gasteiger partial charge in [-0.1, -0.05) is 17.7 Å². The second-order valence-electron chi connectivity index (χ2n) is 10.5. The molecule has 0 unspecified atom stereocenters. The summed E-state index contributed by atoms with van der Waals surface area (Å²) in [6.07, 6.45) is 1.33. The molecule has 0 aliphatic carbocycles. The predicted molar refractivity (Wildman–Crippen MR) is 138 cm³/mol. The molecule has 7 nitrogen and oxygen atoms in total. The first kappa shape index (κ1) is 24.4. The number of carbonyl (C=O) groups is 1. The minimum Gasteiger partial charge on any atom is -0.507 e. The normalized spacial score (nSPS) is 19.5. The van der Waals surface area contributed by atoms with Gasteiger partial charge in [-0.3, -0.25) is 4.98 Å². The van der Waals surface area contributed by atoms with E-state index in [9.17, 15) is 14.3 Å². The molecule has 0 saturated carbocycles. The molecule has 190 valence electrons. The fraction of sp³-hybridized carbons (Fsp3) is 0.407. The first-order valence-corrected chi connectivity index (χ1v) is 12.3. The number of phenols is 1. The third-order valence-electron chi connectivity index (χ3n) is 6.72. The number of halogens is 2. The first-order valence-electron chi connectivity index (χ1n) is 11.9. The van der Waals surface area contributed by atoms with Gasteiger partial charge in [-0.15, -0.1) is 0 Å². The topological polar surface area (TPSA) is 75.1 Å². The Bertz CT molecular complexity index is 1350. The number of hydrogen-bond donors (Lipinski definition) is 1. The molecule has 2 aromatic carbocycles. The molecule has 3 heterocycles. The maximum atomic E-state index is 14.7. The van der Waals surface area contributed by atoms with Crippen molar-refractivity contribution in [3.63, 3.8) is 0 Å². The SMILES string of the molecule is Cc1c(-c2c(O)cccc2F)c(Cl)cc2c3c(cnc12)OC[C@H]1CN(C(=O)OC(C)(C)C)[C@H](C)CN31. The van der Waals surface area contributed by atoms with Crippen molar-refractivity contribution in [2.75, 3.05) is 24.6 Å². The van der Waals surface area contributed by atoms with E-state index in [0.717, 1.165) is 11.1 Å². The van der Waals surface area contributed by atoms with Crippen LogP contribution in [0, 0.1) is 12.7 Å². The van der Waals surface area contributed by atoms with Crippen LogP contribution in [-0.4, -0.2) is 58.5 Å². The number of hydrogen-bond acceptors (Lipinski definition) is 6. The Labute approximate surface area is 214 Å². The highest BCUT2D eigenvalue weighted by Crippen LogP contribution is 2.47. The molecular weight excluding hydrogens is 485 g/mol. The van der Waals surface area contributed by atoms with Crippen LogP contribution in [0.1, 0.15) is 33.3 Å². The average Bonchev–Trinajstić information content (AvgIpc) is 2.78. The molecule has 1 aromatic heterocycles. The second kappa shape index (κ2) is 8.69. The Balaban J connectivity index is 1.58. The van der Waals surface area contributed by atoms with Crippen LogP contribution in [0.25, 0.3) is 22.0 Å². The average molecular weight is 514 g/mol. The highest BCUT2D eigenvalue weighted by molar-refractivity contribution is 6.35. The van der Waals surface area contributed by atoms with Crippen molar-refractivity contribution in [2.24, 2.45) is 0 Å². The summed E-state index contributed by atoms with van der Waals surface area (Å²) in [6.45, 7) is 10.8. The van der Waals surface area contributed by atoms with E-state index in [4.69, 9.17) is 21.1 Å². The van der Waals surface area contributed by atoms with Crippen molar-refractivity contribution in [1.82, 2.24) is 9.88 Å². The summed E-state index contributed by atoms with van der Waals surface area (Å²) in [5.74, 6) is -0.116.